The molecule has 0 spiro atoms. The van der Waals surface area contributed by atoms with Crippen molar-refractivity contribution in [1.82, 2.24) is 4.57 Å². The van der Waals surface area contributed by atoms with Gasteiger partial charge in [0.25, 0.3) is 0 Å². The molecule has 0 fully saturated rings. The first-order valence-electron chi connectivity index (χ1n) is 9.83. The second-order valence-corrected chi connectivity index (χ2v) is 6.88. The molecule has 156 valence electrons. The quantitative estimate of drug-likeness (QED) is 0.473. The summed E-state index contributed by atoms with van der Waals surface area (Å²) in [7, 11) is 0. The number of likely N-dealkylation sites (N-methyl/N-ethyl adjacent to an activating group) is 1. The third-order valence-corrected chi connectivity index (χ3v) is 5.02. The molecule has 0 saturated carbocycles. The Morgan fingerprint density at radius 3 is 2.87 bits per heavy atom. The van der Waals surface area contributed by atoms with E-state index in [0.717, 1.165) is 30.0 Å². The standard InChI is InChI=1S/C21H25N7O2/c1-5-27(8-10-30-11-9-29)16-6-7-18(14(2)12-16)24-21-19(23-4)17(13-22)20-26-25-15(3)28(20)21/h6-7,12,15,24,29H,5,8-11H2,1-3H3. The fourth-order valence-electron chi connectivity index (χ4n) is 3.47. The lowest BCUT2D eigenvalue weighted by molar-refractivity contribution is 0.0967. The Labute approximate surface area is 176 Å². The molecule has 0 radical (unpaired) electrons. The Balaban J connectivity index is 1.86. The van der Waals surface area contributed by atoms with E-state index in [9.17, 15) is 5.26 Å². The molecule has 1 unspecified atom stereocenters. The van der Waals surface area contributed by atoms with Gasteiger partial charge in [0, 0.05) is 24.5 Å². The maximum absolute atomic E-state index is 9.50. The zero-order valence-corrected chi connectivity index (χ0v) is 17.4. The normalized spacial score (nSPS) is 14.3. The molecule has 2 N–H and O–H groups in total. The number of aryl methyl sites for hydroxylation is 1. The minimum Gasteiger partial charge on any atom is -0.394 e. The van der Waals surface area contributed by atoms with Crippen LogP contribution in [0, 0.1) is 24.8 Å². The lowest BCUT2D eigenvalue weighted by atomic mass is 10.1. The van der Waals surface area contributed by atoms with Gasteiger partial charge in [-0.3, -0.25) is 4.57 Å². The van der Waals surface area contributed by atoms with Gasteiger partial charge >= 0.3 is 0 Å². The first-order valence-corrected chi connectivity index (χ1v) is 9.83. The van der Waals surface area contributed by atoms with E-state index in [1.165, 1.54) is 0 Å². The Bertz CT molecular complexity index is 1030. The lowest BCUT2D eigenvalue weighted by Gasteiger charge is -2.24. The third kappa shape index (κ3) is 3.99. The Morgan fingerprint density at radius 1 is 1.43 bits per heavy atom. The van der Waals surface area contributed by atoms with Crippen molar-refractivity contribution in [3.63, 3.8) is 0 Å². The molecule has 2 heterocycles. The fourth-order valence-corrected chi connectivity index (χ4v) is 3.47. The predicted molar refractivity (Wildman–Crippen MR) is 115 cm³/mol. The molecule has 3 rings (SSSR count). The van der Waals surface area contributed by atoms with Crippen molar-refractivity contribution >= 4 is 28.7 Å². The molecule has 1 aromatic heterocycles. The van der Waals surface area contributed by atoms with Crippen LogP contribution in [0.3, 0.4) is 0 Å². The van der Waals surface area contributed by atoms with Gasteiger partial charge < -0.3 is 20.1 Å². The van der Waals surface area contributed by atoms with Crippen molar-refractivity contribution in [2.75, 3.05) is 43.1 Å². The highest BCUT2D eigenvalue weighted by molar-refractivity contribution is 5.85. The highest BCUT2D eigenvalue weighted by atomic mass is 16.5. The first-order chi connectivity index (χ1) is 14.5. The van der Waals surface area contributed by atoms with E-state index in [2.05, 4.69) is 44.3 Å². The van der Waals surface area contributed by atoms with Crippen molar-refractivity contribution in [2.45, 2.75) is 26.9 Å². The Morgan fingerprint density at radius 2 is 2.23 bits per heavy atom. The molecule has 9 heteroatoms. The third-order valence-electron chi connectivity index (χ3n) is 5.02. The molecule has 0 saturated heterocycles. The van der Waals surface area contributed by atoms with Crippen LogP contribution in [-0.2, 0) is 4.74 Å². The Kier molecular flexibility index (Phi) is 6.68. The number of anilines is 3. The van der Waals surface area contributed by atoms with Crippen LogP contribution in [0.1, 0.15) is 31.1 Å². The average molecular weight is 407 g/mol. The van der Waals surface area contributed by atoms with Crippen LogP contribution in [0.4, 0.5) is 28.7 Å². The summed E-state index contributed by atoms with van der Waals surface area (Å²) < 4.78 is 7.17. The molecule has 9 nitrogen and oxygen atoms in total. The number of benzene rings is 1. The number of aliphatic hydroxyl groups is 1. The van der Waals surface area contributed by atoms with Crippen LogP contribution >= 0.6 is 0 Å². The van der Waals surface area contributed by atoms with E-state index in [-0.39, 0.29) is 24.0 Å². The van der Waals surface area contributed by atoms with Crippen LogP contribution in [0.5, 0.6) is 0 Å². The van der Waals surface area contributed by atoms with E-state index < -0.39 is 0 Å². The fraction of sp³-hybridized carbons (Fsp3) is 0.429. The number of ether oxygens (including phenoxy) is 1. The molecule has 1 aliphatic heterocycles. The largest absolute Gasteiger partial charge is 0.394 e. The van der Waals surface area contributed by atoms with Gasteiger partial charge in [-0.1, -0.05) is 0 Å². The summed E-state index contributed by atoms with van der Waals surface area (Å²) in [5.74, 6) is 0.961. The number of hydrogen-bond acceptors (Lipinski definition) is 7. The Hall–Kier alpha value is -3.40. The number of fused-ring (bicyclic) bond motifs is 1. The molecule has 30 heavy (non-hydrogen) atoms. The van der Waals surface area contributed by atoms with E-state index in [1.54, 1.807) is 4.57 Å². The minimum absolute atomic E-state index is 0.0221. The number of aliphatic hydroxyl groups excluding tert-OH is 1. The maximum Gasteiger partial charge on any atom is 0.247 e. The van der Waals surface area contributed by atoms with Gasteiger partial charge in [0.2, 0.25) is 5.69 Å². The van der Waals surface area contributed by atoms with Crippen LogP contribution in [0.25, 0.3) is 4.85 Å². The summed E-state index contributed by atoms with van der Waals surface area (Å²) in [6.07, 6.45) is -0.279. The number of aromatic nitrogens is 1. The SMILES string of the molecule is [C-]#[N+]c1c(C#N)c2n(c1Nc1ccc(N(CC)CCOCCO)cc1C)C(C)N=N2. The van der Waals surface area contributed by atoms with Crippen molar-refractivity contribution in [3.05, 3.63) is 40.7 Å². The summed E-state index contributed by atoms with van der Waals surface area (Å²) in [5.41, 5.74) is 3.43. The number of hydrogen-bond donors (Lipinski definition) is 2. The smallest absolute Gasteiger partial charge is 0.247 e. The second kappa shape index (κ2) is 9.40. The zero-order chi connectivity index (χ0) is 21.7. The molecule has 1 atom stereocenters. The van der Waals surface area contributed by atoms with Gasteiger partial charge in [0.1, 0.15) is 17.5 Å². The van der Waals surface area contributed by atoms with Crippen molar-refractivity contribution in [2.24, 2.45) is 10.2 Å². The molecule has 1 aromatic carbocycles. The first kappa shape index (κ1) is 21.3. The molecular formula is C21H25N7O2. The van der Waals surface area contributed by atoms with Gasteiger partial charge in [-0.25, -0.2) is 4.85 Å². The average Bonchev–Trinajstić information content (AvgIpc) is 3.27. The van der Waals surface area contributed by atoms with E-state index >= 15 is 0 Å². The summed E-state index contributed by atoms with van der Waals surface area (Å²) in [4.78, 5) is 5.77. The summed E-state index contributed by atoms with van der Waals surface area (Å²) in [5, 5.41) is 29.9. The van der Waals surface area contributed by atoms with Gasteiger partial charge in [-0.2, -0.15) is 10.4 Å². The zero-order valence-electron chi connectivity index (χ0n) is 17.4. The molecule has 1 aliphatic rings. The number of nitrogens with zero attached hydrogens (tertiary/aromatic N) is 6. The van der Waals surface area contributed by atoms with Crippen LogP contribution in [0.15, 0.2) is 28.4 Å². The topological polar surface area (TPSA) is 103 Å². The summed E-state index contributed by atoms with van der Waals surface area (Å²) in [6, 6.07) is 8.14. The number of azo groups is 1. The summed E-state index contributed by atoms with van der Waals surface area (Å²) in [6.45, 7) is 15.9. The molecular weight excluding hydrogens is 382 g/mol. The van der Waals surface area contributed by atoms with E-state index in [0.29, 0.717) is 24.8 Å². The maximum atomic E-state index is 9.50. The monoisotopic (exact) mass is 407 g/mol. The number of nitriles is 1. The van der Waals surface area contributed by atoms with Gasteiger partial charge in [-0.05, 0) is 44.5 Å². The van der Waals surface area contributed by atoms with Gasteiger partial charge in [0.15, 0.2) is 5.82 Å². The highest BCUT2D eigenvalue weighted by Gasteiger charge is 2.29. The van der Waals surface area contributed by atoms with Crippen LogP contribution < -0.4 is 10.2 Å². The number of rotatable bonds is 9. The van der Waals surface area contributed by atoms with Crippen molar-refractivity contribution in [1.29, 1.82) is 5.26 Å². The molecule has 0 bridgehead atoms. The predicted octanol–water partition coefficient (Wildman–Crippen LogP) is 4.41. The van der Waals surface area contributed by atoms with E-state index in [4.69, 9.17) is 16.4 Å². The van der Waals surface area contributed by atoms with Gasteiger partial charge in [-0.15, -0.1) is 5.11 Å². The number of nitrogens with one attached hydrogen (secondary N) is 1. The van der Waals surface area contributed by atoms with E-state index in [1.807, 2.05) is 26.0 Å². The van der Waals surface area contributed by atoms with Gasteiger partial charge in [0.05, 0.1) is 32.5 Å². The van der Waals surface area contributed by atoms with Crippen molar-refractivity contribution in [3.8, 4) is 6.07 Å². The van der Waals surface area contributed by atoms with Crippen LogP contribution in [-0.4, -0.2) is 42.6 Å². The highest BCUT2D eigenvalue weighted by Crippen LogP contribution is 2.47. The molecule has 2 aromatic rings. The minimum atomic E-state index is -0.279. The molecule has 0 amide bonds. The molecule has 0 aliphatic carbocycles. The van der Waals surface area contributed by atoms with Crippen molar-refractivity contribution < 1.29 is 9.84 Å². The second-order valence-electron chi connectivity index (χ2n) is 6.88. The lowest BCUT2D eigenvalue weighted by Crippen LogP contribution is -2.27. The summed E-state index contributed by atoms with van der Waals surface area (Å²) >= 11 is 0. The van der Waals surface area contributed by atoms with Crippen LogP contribution in [0.2, 0.25) is 0 Å².